The number of ether oxygens (including phenoxy) is 1. The molecule has 2 aliphatic rings. The van der Waals surface area contributed by atoms with Crippen molar-refractivity contribution in [3.05, 3.63) is 0 Å². The summed E-state index contributed by atoms with van der Waals surface area (Å²) in [5, 5.41) is 12.0. The zero-order valence-corrected chi connectivity index (χ0v) is 9.82. The van der Waals surface area contributed by atoms with Crippen LogP contribution in [-0.2, 0) is 9.53 Å². The van der Waals surface area contributed by atoms with Crippen LogP contribution in [0.25, 0.3) is 0 Å². The van der Waals surface area contributed by atoms with Gasteiger partial charge in [-0.15, -0.1) is 0 Å². The highest BCUT2D eigenvalue weighted by Gasteiger charge is 2.36. The summed E-state index contributed by atoms with van der Waals surface area (Å²) in [6.45, 7) is 2.88. The molecule has 0 aromatic heterocycles. The van der Waals surface area contributed by atoms with E-state index in [1.807, 2.05) is 0 Å². The maximum Gasteiger partial charge on any atom is 0.249 e. The molecule has 1 saturated carbocycles. The van der Waals surface area contributed by atoms with Gasteiger partial charge in [-0.25, -0.2) is 0 Å². The quantitative estimate of drug-likeness (QED) is 0.726. The third kappa shape index (κ3) is 2.74. The molecule has 1 saturated heterocycles. The van der Waals surface area contributed by atoms with Gasteiger partial charge in [0.1, 0.15) is 6.10 Å². The minimum absolute atomic E-state index is 0.00958. The highest BCUT2D eigenvalue weighted by molar-refractivity contribution is 5.81. The summed E-state index contributed by atoms with van der Waals surface area (Å²) in [5.74, 6) is 0.900. The molecule has 2 fully saturated rings. The molecule has 1 aliphatic carbocycles. The Bertz CT molecular complexity index is 253. The summed E-state index contributed by atoms with van der Waals surface area (Å²) in [7, 11) is 0. The SMILES string of the molecule is CC1CCOC1C(=O)NC(CCO)C1CC1. The van der Waals surface area contributed by atoms with Gasteiger partial charge in [-0.3, -0.25) is 4.79 Å². The van der Waals surface area contributed by atoms with Crippen molar-refractivity contribution in [3.63, 3.8) is 0 Å². The second kappa shape index (κ2) is 5.15. The average Bonchev–Trinajstić information content (AvgIpc) is 3.00. The molecule has 1 amide bonds. The highest BCUT2D eigenvalue weighted by Crippen LogP contribution is 2.34. The number of carbonyl (C=O) groups excluding carboxylic acids is 1. The number of aliphatic hydroxyl groups excluding tert-OH is 1. The molecule has 1 heterocycles. The smallest absolute Gasteiger partial charge is 0.249 e. The molecule has 0 aromatic rings. The van der Waals surface area contributed by atoms with Crippen molar-refractivity contribution in [1.82, 2.24) is 5.32 Å². The van der Waals surface area contributed by atoms with Gasteiger partial charge in [-0.05, 0) is 37.5 Å². The first-order chi connectivity index (χ1) is 7.72. The van der Waals surface area contributed by atoms with E-state index in [0.29, 0.717) is 24.9 Å². The van der Waals surface area contributed by atoms with Crippen molar-refractivity contribution in [2.45, 2.75) is 44.8 Å². The number of rotatable bonds is 5. The predicted octanol–water partition coefficient (Wildman–Crippen LogP) is 0.689. The van der Waals surface area contributed by atoms with Gasteiger partial charge in [0.05, 0.1) is 0 Å². The lowest BCUT2D eigenvalue weighted by Crippen LogP contribution is -2.44. The number of nitrogens with one attached hydrogen (secondary N) is 1. The first-order valence-electron chi connectivity index (χ1n) is 6.25. The molecule has 0 aromatic carbocycles. The fraction of sp³-hybridized carbons (Fsp3) is 0.917. The monoisotopic (exact) mass is 227 g/mol. The van der Waals surface area contributed by atoms with E-state index in [4.69, 9.17) is 9.84 Å². The van der Waals surface area contributed by atoms with E-state index in [0.717, 1.165) is 6.42 Å². The van der Waals surface area contributed by atoms with Gasteiger partial charge >= 0.3 is 0 Å². The van der Waals surface area contributed by atoms with Gasteiger partial charge in [0.25, 0.3) is 0 Å². The van der Waals surface area contributed by atoms with Crippen LogP contribution in [0.15, 0.2) is 0 Å². The van der Waals surface area contributed by atoms with Gasteiger partial charge in [0, 0.05) is 19.3 Å². The maximum absolute atomic E-state index is 12.0. The van der Waals surface area contributed by atoms with Crippen LogP contribution in [0.3, 0.4) is 0 Å². The fourth-order valence-corrected chi connectivity index (χ4v) is 2.36. The molecule has 0 spiro atoms. The Hall–Kier alpha value is -0.610. The third-order valence-electron chi connectivity index (χ3n) is 3.60. The molecule has 4 heteroatoms. The van der Waals surface area contributed by atoms with Gasteiger partial charge in [-0.1, -0.05) is 6.92 Å². The van der Waals surface area contributed by atoms with Crippen LogP contribution in [0.2, 0.25) is 0 Å². The van der Waals surface area contributed by atoms with Crippen LogP contribution in [-0.4, -0.2) is 36.4 Å². The van der Waals surface area contributed by atoms with E-state index in [9.17, 15) is 4.79 Å². The molecule has 0 bridgehead atoms. The first kappa shape index (κ1) is 11.9. The van der Waals surface area contributed by atoms with Gasteiger partial charge in [0.15, 0.2) is 0 Å². The van der Waals surface area contributed by atoms with Crippen LogP contribution >= 0.6 is 0 Å². The Labute approximate surface area is 96.4 Å². The van der Waals surface area contributed by atoms with Gasteiger partial charge in [0.2, 0.25) is 5.91 Å². The normalized spacial score (nSPS) is 31.4. The second-order valence-electron chi connectivity index (χ2n) is 5.02. The summed E-state index contributed by atoms with van der Waals surface area (Å²) < 4.78 is 5.43. The van der Waals surface area contributed by atoms with E-state index in [1.165, 1.54) is 12.8 Å². The van der Waals surface area contributed by atoms with Crippen LogP contribution in [0.1, 0.15) is 32.6 Å². The molecule has 1 aliphatic heterocycles. The zero-order valence-electron chi connectivity index (χ0n) is 9.82. The van der Waals surface area contributed by atoms with Gasteiger partial charge in [-0.2, -0.15) is 0 Å². The van der Waals surface area contributed by atoms with Crippen molar-refractivity contribution in [3.8, 4) is 0 Å². The van der Waals surface area contributed by atoms with E-state index < -0.39 is 0 Å². The van der Waals surface area contributed by atoms with Crippen molar-refractivity contribution in [1.29, 1.82) is 0 Å². The van der Waals surface area contributed by atoms with E-state index in [-0.39, 0.29) is 24.7 Å². The molecule has 3 atom stereocenters. The van der Waals surface area contributed by atoms with E-state index in [2.05, 4.69) is 12.2 Å². The van der Waals surface area contributed by atoms with Crippen LogP contribution in [0.5, 0.6) is 0 Å². The number of hydrogen-bond acceptors (Lipinski definition) is 3. The summed E-state index contributed by atoms with van der Waals surface area (Å²) >= 11 is 0. The van der Waals surface area contributed by atoms with Crippen molar-refractivity contribution in [2.24, 2.45) is 11.8 Å². The zero-order chi connectivity index (χ0) is 11.5. The molecule has 2 N–H and O–H groups in total. The second-order valence-corrected chi connectivity index (χ2v) is 5.02. The Morgan fingerprint density at radius 3 is 2.75 bits per heavy atom. The maximum atomic E-state index is 12.0. The van der Waals surface area contributed by atoms with Crippen molar-refractivity contribution >= 4 is 5.91 Å². The number of amides is 1. The lowest BCUT2D eigenvalue weighted by molar-refractivity contribution is -0.132. The van der Waals surface area contributed by atoms with Crippen LogP contribution in [0.4, 0.5) is 0 Å². The topological polar surface area (TPSA) is 58.6 Å². The van der Waals surface area contributed by atoms with Crippen molar-refractivity contribution < 1.29 is 14.6 Å². The Balaban J connectivity index is 1.84. The summed E-state index contributed by atoms with van der Waals surface area (Å²) in [4.78, 5) is 12.0. The summed E-state index contributed by atoms with van der Waals surface area (Å²) in [5.41, 5.74) is 0. The lowest BCUT2D eigenvalue weighted by Gasteiger charge is -2.21. The Morgan fingerprint density at radius 1 is 1.50 bits per heavy atom. The minimum Gasteiger partial charge on any atom is -0.396 e. The molecule has 4 nitrogen and oxygen atoms in total. The Kier molecular flexibility index (Phi) is 3.82. The largest absolute Gasteiger partial charge is 0.396 e. The first-order valence-corrected chi connectivity index (χ1v) is 6.25. The van der Waals surface area contributed by atoms with Crippen LogP contribution in [0, 0.1) is 11.8 Å². The molecular weight excluding hydrogens is 206 g/mol. The minimum atomic E-state index is -0.278. The average molecular weight is 227 g/mol. The highest BCUT2D eigenvalue weighted by atomic mass is 16.5. The van der Waals surface area contributed by atoms with Crippen LogP contribution < -0.4 is 5.32 Å². The molecule has 3 unspecified atom stereocenters. The molecule has 2 rings (SSSR count). The van der Waals surface area contributed by atoms with Gasteiger partial charge < -0.3 is 15.2 Å². The number of hydrogen-bond donors (Lipinski definition) is 2. The predicted molar refractivity (Wildman–Crippen MR) is 59.9 cm³/mol. The number of carbonyl (C=O) groups is 1. The molecule has 0 radical (unpaired) electrons. The van der Waals surface area contributed by atoms with Crippen molar-refractivity contribution in [2.75, 3.05) is 13.2 Å². The molecular formula is C12H21NO3. The van der Waals surface area contributed by atoms with E-state index in [1.54, 1.807) is 0 Å². The molecule has 92 valence electrons. The molecule has 16 heavy (non-hydrogen) atoms. The number of aliphatic hydroxyl groups is 1. The summed E-state index contributed by atoms with van der Waals surface area (Å²) in [6, 6.07) is 0.147. The summed E-state index contributed by atoms with van der Waals surface area (Å²) in [6.07, 6.45) is 3.70. The van der Waals surface area contributed by atoms with E-state index >= 15 is 0 Å². The lowest BCUT2D eigenvalue weighted by atomic mass is 10.0. The third-order valence-corrected chi connectivity index (χ3v) is 3.60. The fourth-order valence-electron chi connectivity index (χ4n) is 2.36. The Morgan fingerprint density at radius 2 is 2.25 bits per heavy atom. The standard InChI is InChI=1S/C12H21NO3/c1-8-5-7-16-11(8)12(15)13-10(4-6-14)9-2-3-9/h8-11,14H,2-7H2,1H3,(H,13,15).